The number of halogens is 5. The number of carbonyl (C=O) groups is 3. The molecule has 0 aliphatic heterocycles. The number of amides is 1. The monoisotopic (exact) mass is 514 g/mol. The van der Waals surface area contributed by atoms with Crippen molar-refractivity contribution < 1.29 is 45.8 Å². The number of nitrogens with one attached hydrogen (secondary N) is 2. The molecule has 1 amide bonds. The summed E-state index contributed by atoms with van der Waals surface area (Å²) in [7, 11) is 0. The van der Waals surface area contributed by atoms with Gasteiger partial charge in [-0.2, -0.15) is 0 Å². The number of Topliss-reactive ketones (excluding diaryl/α,β-unsaturated/α-hetero) is 1. The molecule has 2 aromatic carbocycles. The molecule has 0 bridgehead atoms. The van der Waals surface area contributed by atoms with Gasteiger partial charge in [-0.1, -0.05) is 0 Å². The molecule has 0 heterocycles. The van der Waals surface area contributed by atoms with Gasteiger partial charge in [0.05, 0.1) is 23.5 Å². The van der Waals surface area contributed by atoms with Gasteiger partial charge in [-0.15, -0.1) is 0 Å². The standard InChI is InChI=1S/C24H23F5N2O5/c1-6-35-22(33)13(21(32)12-7-16(27)20(29)11(2)19(12)28)10-30-17-9-18(15(26)8-14(17)25)31-23(34)36-24(3,4)5/h7-10,30H,6H2,1-5H3,(H,31,34). The molecule has 0 saturated carbocycles. The highest BCUT2D eigenvalue weighted by molar-refractivity contribution is 6.24. The first-order chi connectivity index (χ1) is 16.7. The fourth-order valence-electron chi connectivity index (χ4n) is 2.79. The highest BCUT2D eigenvalue weighted by Crippen LogP contribution is 2.26. The van der Waals surface area contributed by atoms with Gasteiger partial charge in [-0.05, 0) is 46.8 Å². The maximum Gasteiger partial charge on any atom is 0.412 e. The van der Waals surface area contributed by atoms with E-state index < -0.39 is 80.6 Å². The van der Waals surface area contributed by atoms with Crippen LogP contribution in [-0.2, 0) is 14.3 Å². The van der Waals surface area contributed by atoms with Gasteiger partial charge in [0.1, 0.15) is 28.6 Å². The van der Waals surface area contributed by atoms with Crippen molar-refractivity contribution in [3.8, 4) is 0 Å². The van der Waals surface area contributed by atoms with E-state index in [1.807, 2.05) is 0 Å². The van der Waals surface area contributed by atoms with E-state index in [0.29, 0.717) is 12.3 Å². The van der Waals surface area contributed by atoms with Crippen molar-refractivity contribution in [3.05, 3.63) is 70.2 Å². The van der Waals surface area contributed by atoms with Crippen LogP contribution in [0.25, 0.3) is 0 Å². The van der Waals surface area contributed by atoms with E-state index in [4.69, 9.17) is 9.47 Å². The number of anilines is 2. The molecule has 0 spiro atoms. The number of carbonyl (C=O) groups excluding carboxylic acids is 3. The average molecular weight is 514 g/mol. The molecule has 2 aromatic rings. The first kappa shape index (κ1) is 28.3. The summed E-state index contributed by atoms with van der Waals surface area (Å²) in [5.41, 5.74) is -4.60. The third-order valence-electron chi connectivity index (χ3n) is 4.42. The molecular formula is C24H23F5N2O5. The highest BCUT2D eigenvalue weighted by Gasteiger charge is 2.27. The van der Waals surface area contributed by atoms with Crippen LogP contribution in [-0.4, -0.2) is 30.1 Å². The summed E-state index contributed by atoms with van der Waals surface area (Å²) in [6.45, 7) is 6.79. The second-order valence-electron chi connectivity index (χ2n) is 8.35. The quantitative estimate of drug-likeness (QED) is 0.0926. The molecule has 2 rings (SSSR count). The molecule has 0 unspecified atom stereocenters. The number of hydrogen-bond donors (Lipinski definition) is 2. The van der Waals surface area contributed by atoms with Crippen molar-refractivity contribution in [1.82, 2.24) is 0 Å². The summed E-state index contributed by atoms with van der Waals surface area (Å²) in [5.74, 6) is -9.48. The second-order valence-corrected chi connectivity index (χ2v) is 8.35. The summed E-state index contributed by atoms with van der Waals surface area (Å²) in [6.07, 6.45) is -0.412. The van der Waals surface area contributed by atoms with Crippen LogP contribution in [0.5, 0.6) is 0 Å². The van der Waals surface area contributed by atoms with Crippen molar-refractivity contribution in [2.45, 2.75) is 40.2 Å². The van der Waals surface area contributed by atoms with Gasteiger partial charge >= 0.3 is 12.1 Å². The number of ketones is 1. The molecule has 0 aliphatic carbocycles. The zero-order valence-corrected chi connectivity index (χ0v) is 19.9. The third-order valence-corrected chi connectivity index (χ3v) is 4.42. The molecule has 0 fully saturated rings. The molecule has 194 valence electrons. The number of benzene rings is 2. The molecule has 7 nitrogen and oxygen atoms in total. The van der Waals surface area contributed by atoms with Crippen LogP contribution in [0.2, 0.25) is 0 Å². The Kier molecular flexibility index (Phi) is 8.79. The van der Waals surface area contributed by atoms with Gasteiger partial charge < -0.3 is 14.8 Å². The Morgan fingerprint density at radius 1 is 0.917 bits per heavy atom. The minimum atomic E-state index is -1.53. The number of hydrogen-bond acceptors (Lipinski definition) is 6. The topological polar surface area (TPSA) is 93.7 Å². The SMILES string of the molecule is CCOC(=O)C(=CNc1cc(NC(=O)OC(C)(C)C)c(F)cc1F)C(=O)c1cc(F)c(F)c(C)c1F. The zero-order chi connectivity index (χ0) is 27.4. The van der Waals surface area contributed by atoms with Crippen molar-refractivity contribution >= 4 is 29.2 Å². The normalized spacial score (nSPS) is 11.7. The van der Waals surface area contributed by atoms with Crippen molar-refractivity contribution in [3.63, 3.8) is 0 Å². The first-order valence-corrected chi connectivity index (χ1v) is 10.5. The van der Waals surface area contributed by atoms with E-state index in [-0.39, 0.29) is 12.7 Å². The van der Waals surface area contributed by atoms with Crippen LogP contribution in [0.1, 0.15) is 43.6 Å². The van der Waals surface area contributed by atoms with Crippen LogP contribution in [0.4, 0.5) is 38.1 Å². The predicted octanol–water partition coefficient (Wildman–Crippen LogP) is 5.78. The number of ether oxygens (including phenoxy) is 2. The lowest BCUT2D eigenvalue weighted by molar-refractivity contribution is -0.138. The van der Waals surface area contributed by atoms with Gasteiger partial charge in [-0.3, -0.25) is 10.1 Å². The third kappa shape index (κ3) is 6.80. The van der Waals surface area contributed by atoms with Gasteiger partial charge in [0.25, 0.3) is 0 Å². The summed E-state index contributed by atoms with van der Waals surface area (Å²) in [5, 5.41) is 4.33. The molecule has 0 saturated heterocycles. The largest absolute Gasteiger partial charge is 0.462 e. The molecule has 0 atom stereocenters. The maximum absolute atomic E-state index is 14.5. The Morgan fingerprint density at radius 2 is 1.53 bits per heavy atom. The van der Waals surface area contributed by atoms with Gasteiger partial charge in [0.15, 0.2) is 11.6 Å². The fraction of sp³-hybridized carbons (Fsp3) is 0.292. The Labute approximate surface area is 203 Å². The minimum Gasteiger partial charge on any atom is -0.462 e. The molecule has 0 aliphatic rings. The molecule has 12 heteroatoms. The van der Waals surface area contributed by atoms with Crippen LogP contribution in [0.15, 0.2) is 30.0 Å². The van der Waals surface area contributed by atoms with E-state index in [2.05, 4.69) is 10.6 Å². The lowest BCUT2D eigenvalue weighted by atomic mass is 10.0. The molecular weight excluding hydrogens is 491 g/mol. The van der Waals surface area contributed by atoms with E-state index in [1.165, 1.54) is 6.92 Å². The lowest BCUT2D eigenvalue weighted by Crippen LogP contribution is -2.27. The van der Waals surface area contributed by atoms with Crippen LogP contribution < -0.4 is 10.6 Å². The molecule has 0 radical (unpaired) electrons. The van der Waals surface area contributed by atoms with Crippen LogP contribution >= 0.6 is 0 Å². The van der Waals surface area contributed by atoms with E-state index >= 15 is 0 Å². The summed E-state index contributed by atoms with van der Waals surface area (Å²) in [4.78, 5) is 37.1. The summed E-state index contributed by atoms with van der Waals surface area (Å²) in [6, 6.07) is 1.49. The predicted molar refractivity (Wildman–Crippen MR) is 120 cm³/mol. The Morgan fingerprint density at radius 3 is 2.11 bits per heavy atom. The van der Waals surface area contributed by atoms with Gasteiger partial charge in [0, 0.05) is 17.8 Å². The van der Waals surface area contributed by atoms with E-state index in [1.54, 1.807) is 20.8 Å². The minimum absolute atomic E-state index is 0.211. The van der Waals surface area contributed by atoms with E-state index in [9.17, 15) is 36.3 Å². The lowest BCUT2D eigenvalue weighted by Gasteiger charge is -2.20. The van der Waals surface area contributed by atoms with Crippen molar-refractivity contribution in [1.29, 1.82) is 0 Å². The smallest absolute Gasteiger partial charge is 0.412 e. The Hall–Kier alpha value is -3.96. The number of esters is 1. The Balaban J connectivity index is 2.47. The van der Waals surface area contributed by atoms with Crippen LogP contribution in [0.3, 0.4) is 0 Å². The molecule has 0 aromatic heterocycles. The van der Waals surface area contributed by atoms with Crippen LogP contribution in [0, 0.1) is 36.0 Å². The molecule has 36 heavy (non-hydrogen) atoms. The fourth-order valence-corrected chi connectivity index (χ4v) is 2.79. The average Bonchev–Trinajstić information content (AvgIpc) is 2.76. The summed E-state index contributed by atoms with van der Waals surface area (Å²) < 4.78 is 80.2. The van der Waals surface area contributed by atoms with E-state index in [0.717, 1.165) is 13.0 Å². The highest BCUT2D eigenvalue weighted by atomic mass is 19.2. The summed E-state index contributed by atoms with van der Waals surface area (Å²) >= 11 is 0. The Bertz CT molecular complexity index is 1240. The van der Waals surface area contributed by atoms with Crippen molar-refractivity contribution in [2.24, 2.45) is 0 Å². The molecule has 2 N–H and O–H groups in total. The zero-order valence-electron chi connectivity index (χ0n) is 19.9. The van der Waals surface area contributed by atoms with Gasteiger partial charge in [-0.25, -0.2) is 31.5 Å². The first-order valence-electron chi connectivity index (χ1n) is 10.5. The van der Waals surface area contributed by atoms with Gasteiger partial charge in [0.2, 0.25) is 5.78 Å². The maximum atomic E-state index is 14.5. The number of rotatable bonds is 7. The van der Waals surface area contributed by atoms with Crippen molar-refractivity contribution in [2.75, 3.05) is 17.2 Å². The second kappa shape index (κ2) is 11.2.